The Balaban J connectivity index is 1.71. The lowest BCUT2D eigenvalue weighted by Crippen LogP contribution is -2.45. The van der Waals surface area contributed by atoms with E-state index in [-0.39, 0.29) is 5.75 Å². The van der Waals surface area contributed by atoms with Crippen molar-refractivity contribution < 1.29 is 13.2 Å². The Kier molecular flexibility index (Phi) is 6.83. The molecule has 0 amide bonds. The van der Waals surface area contributed by atoms with Crippen LogP contribution in [-0.2, 0) is 16.6 Å². The van der Waals surface area contributed by atoms with Crippen LogP contribution in [0.2, 0.25) is 0 Å². The highest BCUT2D eigenvalue weighted by Crippen LogP contribution is 2.12. The van der Waals surface area contributed by atoms with Gasteiger partial charge in [0.1, 0.15) is 5.75 Å². The molecule has 7 heteroatoms. The van der Waals surface area contributed by atoms with E-state index in [4.69, 9.17) is 4.74 Å². The maximum Gasteiger partial charge on any atom is 0.211 e. The fourth-order valence-electron chi connectivity index (χ4n) is 2.60. The summed E-state index contributed by atoms with van der Waals surface area (Å²) in [5.41, 5.74) is 0.895. The van der Waals surface area contributed by atoms with Gasteiger partial charge in [-0.2, -0.15) is 0 Å². The lowest BCUT2D eigenvalue weighted by atomic mass is 10.2. The van der Waals surface area contributed by atoms with Crippen LogP contribution in [0.1, 0.15) is 12.0 Å². The standard InChI is InChI=1S/C16H27N3O3S/c1-18-8-10-19(11-9-18)7-4-12-23(20,21)17-14-15-5-3-6-16(13-15)22-2/h3,5-6,13,17H,4,7-12,14H2,1-2H3. The molecule has 2 rings (SSSR count). The molecule has 6 nitrogen and oxygen atoms in total. The van der Waals surface area contributed by atoms with Crippen molar-refractivity contribution >= 4 is 10.0 Å². The lowest BCUT2D eigenvalue weighted by molar-refractivity contribution is 0.154. The number of methoxy groups -OCH3 is 1. The monoisotopic (exact) mass is 341 g/mol. The van der Waals surface area contributed by atoms with Gasteiger partial charge in [0.2, 0.25) is 10.0 Å². The molecule has 0 spiro atoms. The molecule has 1 fully saturated rings. The van der Waals surface area contributed by atoms with Crippen LogP contribution >= 0.6 is 0 Å². The molecule has 1 aromatic rings. The topological polar surface area (TPSA) is 61.9 Å². The first-order valence-corrected chi connectivity index (χ1v) is 9.65. The number of hydrogen-bond acceptors (Lipinski definition) is 5. The largest absolute Gasteiger partial charge is 0.497 e. The minimum atomic E-state index is -3.24. The fraction of sp³-hybridized carbons (Fsp3) is 0.625. The van der Waals surface area contributed by atoms with Crippen molar-refractivity contribution in [2.45, 2.75) is 13.0 Å². The van der Waals surface area contributed by atoms with Crippen LogP contribution in [-0.4, -0.2) is 70.9 Å². The molecule has 0 bridgehead atoms. The third kappa shape index (κ3) is 6.47. The maximum atomic E-state index is 12.1. The molecular formula is C16H27N3O3S. The van der Waals surface area contributed by atoms with Crippen molar-refractivity contribution in [2.75, 3.05) is 52.6 Å². The van der Waals surface area contributed by atoms with E-state index < -0.39 is 10.0 Å². The van der Waals surface area contributed by atoms with E-state index in [0.29, 0.717) is 13.0 Å². The van der Waals surface area contributed by atoms with Crippen LogP contribution < -0.4 is 9.46 Å². The summed E-state index contributed by atoms with van der Waals surface area (Å²) in [5.74, 6) is 0.903. The molecule has 1 aliphatic rings. The Labute approximate surface area is 139 Å². The summed E-state index contributed by atoms with van der Waals surface area (Å²) < 4.78 is 32.0. The molecule has 1 heterocycles. The van der Waals surface area contributed by atoms with Crippen molar-refractivity contribution in [2.24, 2.45) is 0 Å². The number of piperazine rings is 1. The smallest absolute Gasteiger partial charge is 0.211 e. The van der Waals surface area contributed by atoms with Crippen molar-refractivity contribution in [1.29, 1.82) is 0 Å². The third-order valence-corrected chi connectivity index (χ3v) is 5.52. The SMILES string of the molecule is COc1cccc(CNS(=O)(=O)CCCN2CCN(C)CC2)c1. The average Bonchev–Trinajstić information content (AvgIpc) is 2.55. The first-order valence-electron chi connectivity index (χ1n) is 8.00. The predicted molar refractivity (Wildman–Crippen MR) is 92.2 cm³/mol. The highest BCUT2D eigenvalue weighted by molar-refractivity contribution is 7.89. The molecule has 0 unspecified atom stereocenters. The number of ether oxygens (including phenoxy) is 1. The molecule has 23 heavy (non-hydrogen) atoms. The molecule has 0 aliphatic carbocycles. The highest BCUT2D eigenvalue weighted by atomic mass is 32.2. The van der Waals surface area contributed by atoms with Gasteiger partial charge in [0, 0.05) is 32.7 Å². The van der Waals surface area contributed by atoms with Gasteiger partial charge in [-0.1, -0.05) is 12.1 Å². The second-order valence-corrected chi connectivity index (χ2v) is 7.92. The Morgan fingerprint density at radius 3 is 2.65 bits per heavy atom. The van der Waals surface area contributed by atoms with Gasteiger partial charge in [0.25, 0.3) is 0 Å². The molecule has 1 aliphatic heterocycles. The predicted octanol–water partition coefficient (Wildman–Crippen LogP) is 0.752. The van der Waals surface area contributed by atoms with E-state index in [2.05, 4.69) is 21.6 Å². The van der Waals surface area contributed by atoms with Crippen LogP contribution in [0, 0.1) is 0 Å². The summed E-state index contributed by atoms with van der Waals surface area (Å²) in [5, 5.41) is 0. The number of hydrogen-bond donors (Lipinski definition) is 1. The van der Waals surface area contributed by atoms with Gasteiger partial charge in [0.05, 0.1) is 12.9 Å². The summed E-state index contributed by atoms with van der Waals surface area (Å²) in [7, 11) is 0.475. The third-order valence-electron chi connectivity index (χ3n) is 4.11. The second-order valence-electron chi connectivity index (χ2n) is 5.99. The number of likely N-dealkylation sites (N-methyl/N-ethyl adjacent to an activating group) is 1. The molecule has 0 radical (unpaired) electrons. The first-order chi connectivity index (χ1) is 11.0. The second kappa shape index (κ2) is 8.63. The minimum Gasteiger partial charge on any atom is -0.497 e. The molecule has 1 aromatic carbocycles. The number of nitrogens with one attached hydrogen (secondary N) is 1. The molecule has 1 saturated heterocycles. The van der Waals surface area contributed by atoms with Gasteiger partial charge < -0.3 is 14.5 Å². The van der Waals surface area contributed by atoms with Gasteiger partial charge >= 0.3 is 0 Å². The van der Waals surface area contributed by atoms with Crippen LogP contribution in [0.4, 0.5) is 0 Å². The molecule has 0 saturated carbocycles. The number of nitrogens with zero attached hydrogens (tertiary/aromatic N) is 2. The van der Waals surface area contributed by atoms with E-state index >= 15 is 0 Å². The van der Waals surface area contributed by atoms with Crippen LogP contribution in [0.5, 0.6) is 5.75 Å². The van der Waals surface area contributed by atoms with Gasteiger partial charge in [0.15, 0.2) is 0 Å². The van der Waals surface area contributed by atoms with Crippen LogP contribution in [0.3, 0.4) is 0 Å². The Bertz CT molecular complexity index is 584. The Morgan fingerprint density at radius 1 is 1.22 bits per heavy atom. The minimum absolute atomic E-state index is 0.170. The van der Waals surface area contributed by atoms with Crippen molar-refractivity contribution in [3.05, 3.63) is 29.8 Å². The van der Waals surface area contributed by atoms with E-state index in [9.17, 15) is 8.42 Å². The summed E-state index contributed by atoms with van der Waals surface area (Å²) in [4.78, 5) is 4.63. The molecule has 0 aromatic heterocycles. The lowest BCUT2D eigenvalue weighted by Gasteiger charge is -2.32. The molecule has 130 valence electrons. The van der Waals surface area contributed by atoms with Gasteiger partial charge in [-0.25, -0.2) is 13.1 Å². The van der Waals surface area contributed by atoms with E-state index in [0.717, 1.165) is 44.0 Å². The quantitative estimate of drug-likeness (QED) is 0.756. The summed E-state index contributed by atoms with van der Waals surface area (Å²) in [6.45, 7) is 5.30. The van der Waals surface area contributed by atoms with Crippen LogP contribution in [0.15, 0.2) is 24.3 Å². The summed E-state index contributed by atoms with van der Waals surface area (Å²) in [6, 6.07) is 7.42. The van der Waals surface area contributed by atoms with Crippen LogP contribution in [0.25, 0.3) is 0 Å². The number of sulfonamides is 1. The van der Waals surface area contributed by atoms with Gasteiger partial charge in [-0.3, -0.25) is 0 Å². The van der Waals surface area contributed by atoms with E-state index in [1.807, 2.05) is 24.3 Å². The van der Waals surface area contributed by atoms with E-state index in [1.54, 1.807) is 7.11 Å². The molecule has 1 N–H and O–H groups in total. The van der Waals surface area contributed by atoms with E-state index in [1.165, 1.54) is 0 Å². The number of rotatable bonds is 8. The van der Waals surface area contributed by atoms with Crippen molar-refractivity contribution in [3.63, 3.8) is 0 Å². The highest BCUT2D eigenvalue weighted by Gasteiger charge is 2.15. The summed E-state index contributed by atoms with van der Waals surface area (Å²) in [6.07, 6.45) is 0.664. The van der Waals surface area contributed by atoms with Gasteiger partial charge in [-0.15, -0.1) is 0 Å². The number of benzene rings is 1. The van der Waals surface area contributed by atoms with Gasteiger partial charge in [-0.05, 0) is 37.7 Å². The Hall–Kier alpha value is -1.15. The van der Waals surface area contributed by atoms with Crippen molar-refractivity contribution in [3.8, 4) is 5.75 Å². The normalized spacial score (nSPS) is 17.3. The first kappa shape index (κ1) is 18.2. The zero-order valence-corrected chi connectivity index (χ0v) is 14.8. The zero-order valence-electron chi connectivity index (χ0n) is 14.0. The maximum absolute atomic E-state index is 12.1. The zero-order chi connectivity index (χ0) is 16.7. The Morgan fingerprint density at radius 2 is 1.96 bits per heavy atom. The molecule has 0 atom stereocenters. The summed E-state index contributed by atoms with van der Waals surface area (Å²) >= 11 is 0. The van der Waals surface area contributed by atoms with Crippen molar-refractivity contribution in [1.82, 2.24) is 14.5 Å². The molecular weight excluding hydrogens is 314 g/mol. The fourth-order valence-corrected chi connectivity index (χ4v) is 3.64. The average molecular weight is 341 g/mol.